The maximum absolute atomic E-state index is 13.0. The molecule has 0 saturated carbocycles. The van der Waals surface area contributed by atoms with Crippen LogP contribution >= 0.6 is 0 Å². The van der Waals surface area contributed by atoms with E-state index in [0.29, 0.717) is 17.7 Å². The van der Waals surface area contributed by atoms with Crippen LogP contribution in [-0.2, 0) is 10.0 Å². The minimum absolute atomic E-state index is 0.107. The Balaban J connectivity index is 2.60. The topological polar surface area (TPSA) is 69.4 Å². The summed E-state index contributed by atoms with van der Waals surface area (Å²) >= 11 is 0. The van der Waals surface area contributed by atoms with Gasteiger partial charge < -0.3 is 4.74 Å². The van der Waals surface area contributed by atoms with Gasteiger partial charge in [-0.15, -0.1) is 0 Å². The van der Waals surface area contributed by atoms with E-state index in [1.54, 1.807) is 13.0 Å². The van der Waals surface area contributed by atoms with Crippen molar-refractivity contribution in [3.8, 4) is 5.75 Å². The molecule has 1 unspecified atom stereocenters. The average molecular weight is 275 g/mol. The molecule has 0 heterocycles. The molecule has 0 spiro atoms. The highest BCUT2D eigenvalue weighted by atomic mass is 32.2. The molecule has 6 heteroatoms. The molecule has 0 amide bonds. The molecule has 1 rings (SSSR count). The monoisotopic (exact) mass is 275 g/mol. The van der Waals surface area contributed by atoms with Gasteiger partial charge in [0.2, 0.25) is 10.0 Å². The van der Waals surface area contributed by atoms with Crippen LogP contribution in [0.1, 0.15) is 18.9 Å². The molecule has 2 N–H and O–H groups in total. The van der Waals surface area contributed by atoms with E-state index in [-0.39, 0.29) is 24.1 Å². The van der Waals surface area contributed by atoms with E-state index >= 15 is 0 Å². The first-order valence-corrected chi connectivity index (χ1v) is 7.42. The van der Waals surface area contributed by atoms with Gasteiger partial charge in [-0.2, -0.15) is 0 Å². The maximum atomic E-state index is 13.0. The molecule has 1 atom stereocenters. The highest BCUT2D eigenvalue weighted by molar-refractivity contribution is 7.89. The van der Waals surface area contributed by atoms with Gasteiger partial charge in [-0.05, 0) is 37.1 Å². The maximum Gasteiger partial charge on any atom is 0.209 e. The Kier molecular flexibility index (Phi) is 5.10. The molecule has 0 aliphatic rings. The number of rotatable bonds is 6. The molecule has 18 heavy (non-hydrogen) atoms. The highest BCUT2D eigenvalue weighted by Gasteiger charge is 2.15. The molecule has 0 radical (unpaired) electrons. The predicted molar refractivity (Wildman–Crippen MR) is 68.4 cm³/mol. The van der Waals surface area contributed by atoms with Crippen LogP contribution in [0.4, 0.5) is 4.39 Å². The fourth-order valence-electron chi connectivity index (χ4n) is 1.53. The molecule has 102 valence electrons. The van der Waals surface area contributed by atoms with Gasteiger partial charge in [0.25, 0.3) is 0 Å². The van der Waals surface area contributed by atoms with E-state index in [0.717, 1.165) is 0 Å². The lowest BCUT2D eigenvalue weighted by Crippen LogP contribution is -2.26. The smallest absolute Gasteiger partial charge is 0.209 e. The number of primary sulfonamides is 1. The van der Waals surface area contributed by atoms with Gasteiger partial charge in [0, 0.05) is 5.92 Å². The largest absolute Gasteiger partial charge is 0.493 e. The Morgan fingerprint density at radius 3 is 2.61 bits per heavy atom. The van der Waals surface area contributed by atoms with Gasteiger partial charge in [-0.3, -0.25) is 0 Å². The Morgan fingerprint density at radius 2 is 2.11 bits per heavy atom. The Morgan fingerprint density at radius 1 is 1.44 bits per heavy atom. The summed E-state index contributed by atoms with van der Waals surface area (Å²) in [7, 11) is -3.49. The lowest BCUT2D eigenvalue weighted by atomic mass is 10.1. The minimum Gasteiger partial charge on any atom is -0.493 e. The van der Waals surface area contributed by atoms with E-state index < -0.39 is 10.0 Å². The Hall–Kier alpha value is -1.14. The summed E-state index contributed by atoms with van der Waals surface area (Å²) in [5, 5.41) is 4.99. The number of benzene rings is 1. The Bertz CT molecular complexity index is 502. The fraction of sp³-hybridized carbons (Fsp3) is 0.500. The van der Waals surface area contributed by atoms with Crippen molar-refractivity contribution in [1.82, 2.24) is 0 Å². The van der Waals surface area contributed by atoms with Crippen molar-refractivity contribution in [1.29, 1.82) is 0 Å². The zero-order chi connectivity index (χ0) is 13.8. The second-order valence-corrected chi connectivity index (χ2v) is 5.98. The number of sulfonamides is 1. The van der Waals surface area contributed by atoms with E-state index in [1.807, 2.05) is 6.92 Å². The summed E-state index contributed by atoms with van der Waals surface area (Å²) in [5.74, 6) is -0.0324. The molecule has 1 aromatic rings. The van der Waals surface area contributed by atoms with Gasteiger partial charge in [0.05, 0.1) is 12.4 Å². The first kappa shape index (κ1) is 14.9. The van der Waals surface area contributed by atoms with Crippen LogP contribution in [0.5, 0.6) is 5.75 Å². The van der Waals surface area contributed by atoms with Crippen LogP contribution in [0.25, 0.3) is 0 Å². The van der Waals surface area contributed by atoms with Crippen molar-refractivity contribution in [2.75, 3.05) is 12.4 Å². The molecule has 0 saturated heterocycles. The summed E-state index contributed by atoms with van der Waals surface area (Å²) in [6, 6.07) is 4.43. The first-order chi connectivity index (χ1) is 8.31. The SMILES string of the molecule is CCC(COc1ccc(F)c(C)c1)CS(N)(=O)=O. The standard InChI is InChI=1S/C12H18FNO3S/c1-3-10(8-18(14,15)16)7-17-11-4-5-12(13)9(2)6-11/h4-6,10H,3,7-8H2,1-2H3,(H2,14,15,16). The minimum atomic E-state index is -3.49. The third kappa shape index (κ3) is 5.01. The second kappa shape index (κ2) is 6.15. The molecule has 0 aliphatic heterocycles. The van der Waals surface area contributed by atoms with E-state index in [1.165, 1.54) is 12.1 Å². The molecule has 0 fully saturated rings. The highest BCUT2D eigenvalue weighted by Crippen LogP contribution is 2.17. The van der Waals surface area contributed by atoms with Gasteiger partial charge in [-0.25, -0.2) is 17.9 Å². The van der Waals surface area contributed by atoms with Crippen molar-refractivity contribution in [2.24, 2.45) is 11.1 Å². The molecular formula is C12H18FNO3S. The van der Waals surface area contributed by atoms with Crippen LogP contribution in [0.3, 0.4) is 0 Å². The van der Waals surface area contributed by atoms with E-state index in [9.17, 15) is 12.8 Å². The van der Waals surface area contributed by atoms with Crippen LogP contribution in [0.2, 0.25) is 0 Å². The number of hydrogen-bond acceptors (Lipinski definition) is 3. The number of ether oxygens (including phenoxy) is 1. The number of nitrogens with two attached hydrogens (primary N) is 1. The first-order valence-electron chi connectivity index (χ1n) is 5.71. The lowest BCUT2D eigenvalue weighted by Gasteiger charge is -2.15. The van der Waals surface area contributed by atoms with E-state index in [4.69, 9.17) is 9.88 Å². The van der Waals surface area contributed by atoms with Crippen molar-refractivity contribution < 1.29 is 17.5 Å². The van der Waals surface area contributed by atoms with Crippen LogP contribution in [0.15, 0.2) is 18.2 Å². The van der Waals surface area contributed by atoms with Gasteiger partial charge >= 0.3 is 0 Å². The van der Waals surface area contributed by atoms with E-state index in [2.05, 4.69) is 0 Å². The zero-order valence-electron chi connectivity index (χ0n) is 10.5. The van der Waals surface area contributed by atoms with Crippen molar-refractivity contribution in [3.05, 3.63) is 29.6 Å². The normalized spacial score (nSPS) is 13.3. The lowest BCUT2D eigenvalue weighted by molar-refractivity contribution is 0.257. The molecule has 1 aromatic carbocycles. The number of hydrogen-bond donors (Lipinski definition) is 1. The summed E-state index contributed by atoms with van der Waals surface area (Å²) in [6.07, 6.45) is 0.649. The van der Waals surface area contributed by atoms with Crippen LogP contribution in [-0.4, -0.2) is 20.8 Å². The third-order valence-corrected chi connectivity index (χ3v) is 3.60. The van der Waals surface area contributed by atoms with Gasteiger partial charge in [0.15, 0.2) is 0 Å². The van der Waals surface area contributed by atoms with Gasteiger partial charge in [0.1, 0.15) is 11.6 Å². The molecule has 0 aromatic heterocycles. The zero-order valence-corrected chi connectivity index (χ0v) is 11.3. The Labute approximate surface area is 107 Å². The summed E-state index contributed by atoms with van der Waals surface area (Å²) in [5.41, 5.74) is 0.493. The van der Waals surface area contributed by atoms with Crippen LogP contribution < -0.4 is 9.88 Å². The number of aryl methyl sites for hydroxylation is 1. The summed E-state index contributed by atoms with van der Waals surface area (Å²) < 4.78 is 40.5. The van der Waals surface area contributed by atoms with Gasteiger partial charge in [-0.1, -0.05) is 6.92 Å². The summed E-state index contributed by atoms with van der Waals surface area (Å²) in [6.45, 7) is 3.76. The molecule has 0 bridgehead atoms. The summed E-state index contributed by atoms with van der Waals surface area (Å²) in [4.78, 5) is 0. The molecule has 0 aliphatic carbocycles. The quantitative estimate of drug-likeness (QED) is 0.861. The van der Waals surface area contributed by atoms with Crippen molar-refractivity contribution in [3.63, 3.8) is 0 Å². The van der Waals surface area contributed by atoms with Crippen LogP contribution in [0, 0.1) is 18.7 Å². The fourth-order valence-corrected chi connectivity index (χ4v) is 2.52. The molecule has 4 nitrogen and oxygen atoms in total. The average Bonchev–Trinajstić information content (AvgIpc) is 2.27. The second-order valence-electron chi connectivity index (χ2n) is 4.33. The molecular weight excluding hydrogens is 257 g/mol. The number of halogens is 1. The third-order valence-electron chi connectivity index (χ3n) is 2.66. The van der Waals surface area contributed by atoms with Crippen molar-refractivity contribution in [2.45, 2.75) is 20.3 Å². The predicted octanol–water partition coefficient (Wildman–Crippen LogP) is 1.83. The van der Waals surface area contributed by atoms with Crippen molar-refractivity contribution >= 4 is 10.0 Å².